The van der Waals surface area contributed by atoms with Crippen molar-refractivity contribution in [3.05, 3.63) is 26.4 Å². The summed E-state index contributed by atoms with van der Waals surface area (Å²) in [5.74, 6) is -0.498. The van der Waals surface area contributed by atoms with Gasteiger partial charge in [0.05, 0.1) is 6.21 Å². The fraction of sp³-hybridized carbons (Fsp3) is 0.143. The molecule has 1 aromatic heterocycles. The first-order valence-electron chi connectivity index (χ1n) is 4.04. The molecule has 0 spiro atoms. The van der Waals surface area contributed by atoms with Crippen LogP contribution in [0.15, 0.2) is 14.7 Å². The van der Waals surface area contributed by atoms with Crippen molar-refractivity contribution in [2.75, 3.05) is 0 Å². The molecule has 0 atom stereocenters. The average molecular weight is 243 g/mol. The first-order chi connectivity index (χ1) is 7.43. The quantitative estimate of drug-likeness (QED) is 0.269. The summed E-state index contributed by atoms with van der Waals surface area (Å²) in [5.41, 5.74) is 5.65. The molecule has 1 rings (SSSR count). The Kier molecular flexibility index (Phi) is 3.40. The number of aromatic amines is 1. The SMILES string of the molecule is Cn1c(O)c(C=NNC(N)=S)c(=O)[nH]c1=O. The lowest BCUT2D eigenvalue weighted by atomic mass is 10.3. The molecule has 0 aliphatic heterocycles. The van der Waals surface area contributed by atoms with E-state index in [0.29, 0.717) is 0 Å². The van der Waals surface area contributed by atoms with E-state index in [1.54, 1.807) is 0 Å². The minimum atomic E-state index is -0.755. The van der Waals surface area contributed by atoms with E-state index in [0.717, 1.165) is 10.8 Å². The Labute approximate surface area is 94.4 Å². The van der Waals surface area contributed by atoms with Crippen molar-refractivity contribution < 1.29 is 5.11 Å². The summed E-state index contributed by atoms with van der Waals surface area (Å²) in [6.07, 6.45) is 1.01. The van der Waals surface area contributed by atoms with Gasteiger partial charge in [-0.15, -0.1) is 0 Å². The van der Waals surface area contributed by atoms with E-state index in [2.05, 4.69) is 22.7 Å². The van der Waals surface area contributed by atoms with Crippen molar-refractivity contribution >= 4 is 23.5 Å². The lowest BCUT2D eigenvalue weighted by Crippen LogP contribution is -2.31. The molecule has 0 saturated carbocycles. The van der Waals surface area contributed by atoms with E-state index >= 15 is 0 Å². The van der Waals surface area contributed by atoms with Crippen LogP contribution < -0.4 is 22.4 Å². The molecule has 0 amide bonds. The molecular weight excluding hydrogens is 234 g/mol. The largest absolute Gasteiger partial charge is 0.494 e. The second kappa shape index (κ2) is 4.57. The Balaban J connectivity index is 3.20. The number of aromatic hydroxyl groups is 1. The van der Waals surface area contributed by atoms with Gasteiger partial charge in [-0.1, -0.05) is 0 Å². The van der Waals surface area contributed by atoms with Gasteiger partial charge in [-0.2, -0.15) is 5.10 Å². The van der Waals surface area contributed by atoms with Gasteiger partial charge in [0, 0.05) is 7.05 Å². The molecule has 0 saturated heterocycles. The molecule has 0 unspecified atom stereocenters. The molecule has 0 aliphatic carbocycles. The van der Waals surface area contributed by atoms with Crippen LogP contribution in [-0.4, -0.2) is 26.0 Å². The summed E-state index contributed by atoms with van der Waals surface area (Å²) in [7, 11) is 1.30. The summed E-state index contributed by atoms with van der Waals surface area (Å²) in [6.45, 7) is 0. The third-order valence-electron chi connectivity index (χ3n) is 1.70. The van der Waals surface area contributed by atoms with E-state index in [1.165, 1.54) is 7.05 Å². The molecule has 86 valence electrons. The second-order valence-corrected chi connectivity index (χ2v) is 3.23. The van der Waals surface area contributed by atoms with Gasteiger partial charge < -0.3 is 10.8 Å². The highest BCUT2D eigenvalue weighted by Gasteiger charge is 2.09. The van der Waals surface area contributed by atoms with Gasteiger partial charge in [-0.25, -0.2) is 4.79 Å². The molecule has 0 radical (unpaired) electrons. The normalized spacial score (nSPS) is 10.6. The minimum absolute atomic E-state index is 0.0861. The van der Waals surface area contributed by atoms with Gasteiger partial charge in [-0.3, -0.25) is 19.8 Å². The van der Waals surface area contributed by atoms with Crippen LogP contribution in [0.4, 0.5) is 0 Å². The Morgan fingerprint density at radius 2 is 2.31 bits per heavy atom. The van der Waals surface area contributed by atoms with E-state index in [-0.39, 0.29) is 10.7 Å². The number of hydrogen-bond donors (Lipinski definition) is 4. The molecule has 0 aliphatic rings. The van der Waals surface area contributed by atoms with Crippen LogP contribution in [-0.2, 0) is 7.05 Å². The topological polar surface area (TPSA) is 125 Å². The maximum Gasteiger partial charge on any atom is 0.330 e. The van der Waals surface area contributed by atoms with E-state index < -0.39 is 17.1 Å². The molecule has 0 fully saturated rings. The number of aromatic nitrogens is 2. The Morgan fingerprint density at radius 3 is 2.88 bits per heavy atom. The number of hydrogen-bond acceptors (Lipinski definition) is 5. The molecule has 16 heavy (non-hydrogen) atoms. The molecular formula is C7H9N5O3S. The summed E-state index contributed by atoms with van der Waals surface area (Å²) >= 11 is 4.47. The monoisotopic (exact) mass is 243 g/mol. The summed E-state index contributed by atoms with van der Waals surface area (Å²) in [6, 6.07) is 0. The van der Waals surface area contributed by atoms with Crippen molar-refractivity contribution in [3.63, 3.8) is 0 Å². The van der Waals surface area contributed by atoms with Crippen molar-refractivity contribution in [1.82, 2.24) is 15.0 Å². The van der Waals surface area contributed by atoms with Gasteiger partial charge in [-0.05, 0) is 12.2 Å². The molecule has 5 N–H and O–H groups in total. The molecule has 1 aromatic rings. The standard InChI is InChI=1S/C7H9N5O3S/c1-12-5(14)3(2-9-11-6(8)16)4(13)10-7(12)15/h2,14H,1H3,(H3,8,11,16)(H,10,13,15). The second-order valence-electron chi connectivity index (χ2n) is 2.79. The summed E-state index contributed by atoms with van der Waals surface area (Å²) < 4.78 is 0.865. The fourth-order valence-corrected chi connectivity index (χ4v) is 0.956. The van der Waals surface area contributed by atoms with Gasteiger partial charge in [0.15, 0.2) is 5.11 Å². The molecule has 1 heterocycles. The van der Waals surface area contributed by atoms with Crippen molar-refractivity contribution in [3.8, 4) is 5.88 Å². The van der Waals surface area contributed by atoms with E-state index in [4.69, 9.17) is 5.73 Å². The van der Waals surface area contributed by atoms with E-state index in [1.807, 2.05) is 4.98 Å². The average Bonchev–Trinajstić information content (AvgIpc) is 2.19. The summed E-state index contributed by atoms with van der Waals surface area (Å²) in [5, 5.41) is 12.9. The first kappa shape index (κ1) is 11.9. The predicted octanol–water partition coefficient (Wildman–Crippen LogP) is -2.05. The van der Waals surface area contributed by atoms with Crippen molar-refractivity contribution in [2.45, 2.75) is 0 Å². The zero-order valence-corrected chi connectivity index (χ0v) is 9.04. The number of nitrogens with zero attached hydrogens (tertiary/aromatic N) is 2. The van der Waals surface area contributed by atoms with Crippen LogP contribution in [0, 0.1) is 0 Å². The number of hydrazone groups is 1. The number of rotatable bonds is 2. The zero-order valence-electron chi connectivity index (χ0n) is 8.22. The fourth-order valence-electron chi connectivity index (χ4n) is 0.904. The van der Waals surface area contributed by atoms with Gasteiger partial charge in [0.1, 0.15) is 5.56 Å². The third-order valence-corrected chi connectivity index (χ3v) is 1.79. The molecule has 0 bridgehead atoms. The summed E-state index contributed by atoms with van der Waals surface area (Å²) in [4.78, 5) is 24.3. The van der Waals surface area contributed by atoms with Crippen LogP contribution >= 0.6 is 12.2 Å². The van der Waals surface area contributed by atoms with Crippen LogP contribution in [0.2, 0.25) is 0 Å². The zero-order chi connectivity index (χ0) is 12.3. The van der Waals surface area contributed by atoms with Gasteiger partial charge >= 0.3 is 5.69 Å². The van der Waals surface area contributed by atoms with Crippen LogP contribution in [0.25, 0.3) is 0 Å². The highest BCUT2D eigenvalue weighted by atomic mass is 32.1. The lowest BCUT2D eigenvalue weighted by Gasteiger charge is -2.02. The highest BCUT2D eigenvalue weighted by molar-refractivity contribution is 7.80. The minimum Gasteiger partial charge on any atom is -0.494 e. The number of nitrogens with two attached hydrogens (primary N) is 1. The maximum absolute atomic E-state index is 11.3. The molecule has 9 heteroatoms. The third kappa shape index (κ3) is 2.45. The van der Waals surface area contributed by atoms with Crippen molar-refractivity contribution in [1.29, 1.82) is 0 Å². The maximum atomic E-state index is 11.3. The lowest BCUT2D eigenvalue weighted by molar-refractivity contribution is 0.417. The van der Waals surface area contributed by atoms with Crippen LogP contribution in [0.5, 0.6) is 5.88 Å². The number of H-pyrrole nitrogens is 1. The highest BCUT2D eigenvalue weighted by Crippen LogP contribution is 2.04. The smallest absolute Gasteiger partial charge is 0.330 e. The number of nitrogens with one attached hydrogen (secondary N) is 2. The molecule has 0 aromatic carbocycles. The van der Waals surface area contributed by atoms with E-state index in [9.17, 15) is 14.7 Å². The van der Waals surface area contributed by atoms with Crippen LogP contribution in [0.3, 0.4) is 0 Å². The predicted molar refractivity (Wildman–Crippen MR) is 61.5 cm³/mol. The Bertz CT molecular complexity index is 558. The first-order valence-corrected chi connectivity index (χ1v) is 4.45. The number of thiocarbonyl (C=S) groups is 1. The van der Waals surface area contributed by atoms with Crippen LogP contribution in [0.1, 0.15) is 5.56 Å². The molecule has 8 nitrogen and oxygen atoms in total. The van der Waals surface area contributed by atoms with Gasteiger partial charge in [0.25, 0.3) is 5.56 Å². The van der Waals surface area contributed by atoms with Gasteiger partial charge in [0.2, 0.25) is 5.88 Å². The Hall–Kier alpha value is -2.16. The van der Waals surface area contributed by atoms with Crippen molar-refractivity contribution in [2.24, 2.45) is 17.9 Å². The Morgan fingerprint density at radius 1 is 1.69 bits per heavy atom.